The molecule has 0 saturated heterocycles. The van der Waals surface area contributed by atoms with Crippen LogP contribution in [0.5, 0.6) is 11.5 Å². The molecule has 2 aromatic rings. The summed E-state index contributed by atoms with van der Waals surface area (Å²) in [4.78, 5) is 11.7. The third kappa shape index (κ3) is 3.54. The van der Waals surface area contributed by atoms with Gasteiger partial charge in [-0.3, -0.25) is 4.79 Å². The summed E-state index contributed by atoms with van der Waals surface area (Å²) < 4.78 is 10.6. The van der Waals surface area contributed by atoms with Crippen LogP contribution in [0.25, 0.3) is 0 Å². The molecule has 1 atom stereocenters. The van der Waals surface area contributed by atoms with Crippen molar-refractivity contribution in [1.82, 2.24) is 0 Å². The van der Waals surface area contributed by atoms with E-state index < -0.39 is 0 Å². The average molecular weight is 288 g/mol. The fraction of sp³-hybridized carbons (Fsp3) is 0.188. The standard InChI is InChI=1S/C16H16O3S/c1-18-16(17)15(20-2)12-7-6-10-14(11-12)19-13-8-4-3-5-9-13/h3-11,15H,1-2H3. The largest absolute Gasteiger partial charge is 0.468 e. The average Bonchev–Trinajstić information content (AvgIpc) is 2.49. The van der Waals surface area contributed by atoms with Crippen LogP contribution in [0.2, 0.25) is 0 Å². The zero-order chi connectivity index (χ0) is 14.4. The number of carbonyl (C=O) groups is 1. The van der Waals surface area contributed by atoms with Gasteiger partial charge in [-0.25, -0.2) is 0 Å². The molecular weight excluding hydrogens is 272 g/mol. The Morgan fingerprint density at radius 1 is 1.05 bits per heavy atom. The predicted molar refractivity (Wildman–Crippen MR) is 81.2 cm³/mol. The first kappa shape index (κ1) is 14.5. The van der Waals surface area contributed by atoms with Gasteiger partial charge in [-0.05, 0) is 36.1 Å². The zero-order valence-electron chi connectivity index (χ0n) is 11.4. The SMILES string of the molecule is COC(=O)C(SC)c1cccc(Oc2ccccc2)c1. The molecule has 0 aliphatic rings. The minimum absolute atomic E-state index is 0.255. The fourth-order valence-electron chi connectivity index (χ4n) is 1.84. The molecule has 0 saturated carbocycles. The normalized spacial score (nSPS) is 11.7. The second-order valence-electron chi connectivity index (χ2n) is 4.13. The second-order valence-corrected chi connectivity index (χ2v) is 5.07. The Bertz CT molecular complexity index is 569. The summed E-state index contributed by atoms with van der Waals surface area (Å²) in [7, 11) is 1.40. The van der Waals surface area contributed by atoms with Gasteiger partial charge < -0.3 is 9.47 Å². The first-order valence-corrected chi connectivity index (χ1v) is 7.47. The van der Waals surface area contributed by atoms with Crippen LogP contribution < -0.4 is 4.74 Å². The Kier molecular flexibility index (Phi) is 5.07. The number of ether oxygens (including phenoxy) is 2. The molecule has 0 aliphatic carbocycles. The summed E-state index contributed by atoms with van der Waals surface area (Å²) in [6, 6.07) is 17.0. The molecule has 0 amide bonds. The van der Waals surface area contributed by atoms with Crippen molar-refractivity contribution in [1.29, 1.82) is 0 Å². The maximum atomic E-state index is 11.7. The van der Waals surface area contributed by atoms with Crippen molar-refractivity contribution in [3.63, 3.8) is 0 Å². The van der Waals surface area contributed by atoms with Crippen LogP contribution in [-0.2, 0) is 9.53 Å². The van der Waals surface area contributed by atoms with E-state index >= 15 is 0 Å². The van der Waals surface area contributed by atoms with E-state index in [1.807, 2.05) is 60.9 Å². The smallest absolute Gasteiger partial charge is 0.323 e. The van der Waals surface area contributed by atoms with Crippen molar-refractivity contribution >= 4 is 17.7 Å². The van der Waals surface area contributed by atoms with Crippen molar-refractivity contribution in [2.75, 3.05) is 13.4 Å². The lowest BCUT2D eigenvalue weighted by molar-refractivity contribution is -0.140. The lowest BCUT2D eigenvalue weighted by Gasteiger charge is -2.13. The molecular formula is C16H16O3S. The lowest BCUT2D eigenvalue weighted by Crippen LogP contribution is -2.10. The summed E-state index contributed by atoms with van der Waals surface area (Å²) in [5.41, 5.74) is 0.873. The van der Waals surface area contributed by atoms with Crippen LogP contribution in [0.3, 0.4) is 0 Å². The quantitative estimate of drug-likeness (QED) is 0.777. The molecule has 4 heteroatoms. The van der Waals surface area contributed by atoms with Gasteiger partial charge in [0.05, 0.1) is 7.11 Å². The Labute approximate surface area is 122 Å². The van der Waals surface area contributed by atoms with Crippen LogP contribution in [0.15, 0.2) is 54.6 Å². The summed E-state index contributed by atoms with van der Waals surface area (Å²) >= 11 is 1.44. The fourth-order valence-corrected chi connectivity index (χ4v) is 2.55. The van der Waals surface area contributed by atoms with Gasteiger partial charge in [0.1, 0.15) is 16.7 Å². The molecule has 0 radical (unpaired) electrons. The van der Waals surface area contributed by atoms with Gasteiger partial charge in [0.25, 0.3) is 0 Å². The van der Waals surface area contributed by atoms with E-state index in [2.05, 4.69) is 0 Å². The van der Waals surface area contributed by atoms with Gasteiger partial charge in [0.15, 0.2) is 0 Å². The number of para-hydroxylation sites is 1. The monoisotopic (exact) mass is 288 g/mol. The Hall–Kier alpha value is -1.94. The molecule has 0 bridgehead atoms. The van der Waals surface area contributed by atoms with E-state index in [1.54, 1.807) is 0 Å². The Morgan fingerprint density at radius 3 is 2.40 bits per heavy atom. The van der Waals surface area contributed by atoms with Crippen molar-refractivity contribution < 1.29 is 14.3 Å². The topological polar surface area (TPSA) is 35.5 Å². The van der Waals surface area contributed by atoms with Crippen molar-refractivity contribution in [2.45, 2.75) is 5.25 Å². The summed E-state index contributed by atoms with van der Waals surface area (Å²) in [6.45, 7) is 0. The number of methoxy groups -OCH3 is 1. The minimum atomic E-state index is -0.334. The number of esters is 1. The molecule has 0 N–H and O–H groups in total. The van der Waals surface area contributed by atoms with Gasteiger partial charge in [0.2, 0.25) is 0 Å². The third-order valence-corrected chi connectivity index (χ3v) is 3.73. The Morgan fingerprint density at radius 2 is 1.75 bits per heavy atom. The molecule has 0 aliphatic heterocycles. The predicted octanol–water partition coefficient (Wildman–Crippen LogP) is 4.06. The molecule has 20 heavy (non-hydrogen) atoms. The highest BCUT2D eigenvalue weighted by molar-refractivity contribution is 7.99. The lowest BCUT2D eigenvalue weighted by atomic mass is 10.1. The van der Waals surface area contributed by atoms with E-state index in [4.69, 9.17) is 9.47 Å². The highest BCUT2D eigenvalue weighted by atomic mass is 32.2. The molecule has 2 rings (SSSR count). The number of rotatable bonds is 5. The van der Waals surface area contributed by atoms with Gasteiger partial charge >= 0.3 is 5.97 Å². The molecule has 3 nitrogen and oxygen atoms in total. The third-order valence-electron chi connectivity index (χ3n) is 2.79. The number of thioether (sulfide) groups is 1. The van der Waals surface area contributed by atoms with E-state index in [0.717, 1.165) is 11.3 Å². The van der Waals surface area contributed by atoms with Crippen LogP contribution >= 0.6 is 11.8 Å². The van der Waals surface area contributed by atoms with E-state index in [9.17, 15) is 4.79 Å². The van der Waals surface area contributed by atoms with Crippen LogP contribution in [0, 0.1) is 0 Å². The highest BCUT2D eigenvalue weighted by Crippen LogP contribution is 2.31. The molecule has 1 unspecified atom stereocenters. The van der Waals surface area contributed by atoms with Gasteiger partial charge in [-0.15, -0.1) is 11.8 Å². The second kappa shape index (κ2) is 7.01. The van der Waals surface area contributed by atoms with Crippen molar-refractivity contribution in [2.24, 2.45) is 0 Å². The highest BCUT2D eigenvalue weighted by Gasteiger charge is 2.20. The maximum absolute atomic E-state index is 11.7. The van der Waals surface area contributed by atoms with E-state index in [-0.39, 0.29) is 11.2 Å². The van der Waals surface area contributed by atoms with Crippen molar-refractivity contribution in [3.8, 4) is 11.5 Å². The number of carbonyl (C=O) groups excluding carboxylic acids is 1. The molecule has 0 spiro atoms. The molecule has 104 valence electrons. The summed E-state index contributed by atoms with van der Waals surface area (Å²) in [6.07, 6.45) is 1.88. The van der Waals surface area contributed by atoms with Crippen LogP contribution in [0.4, 0.5) is 0 Å². The number of hydrogen-bond acceptors (Lipinski definition) is 4. The van der Waals surface area contributed by atoms with Crippen molar-refractivity contribution in [3.05, 3.63) is 60.2 Å². The molecule has 0 aromatic heterocycles. The maximum Gasteiger partial charge on any atom is 0.323 e. The van der Waals surface area contributed by atoms with Gasteiger partial charge in [0, 0.05) is 0 Å². The van der Waals surface area contributed by atoms with Gasteiger partial charge in [-0.1, -0.05) is 30.3 Å². The molecule has 0 fully saturated rings. The van der Waals surface area contributed by atoms with Gasteiger partial charge in [-0.2, -0.15) is 0 Å². The van der Waals surface area contributed by atoms with E-state index in [0.29, 0.717) is 5.75 Å². The molecule has 2 aromatic carbocycles. The summed E-state index contributed by atoms with van der Waals surface area (Å²) in [5.74, 6) is 1.22. The first-order chi connectivity index (χ1) is 9.74. The first-order valence-electron chi connectivity index (χ1n) is 6.18. The number of hydrogen-bond donors (Lipinski definition) is 0. The van der Waals surface area contributed by atoms with Crippen LogP contribution in [0.1, 0.15) is 10.8 Å². The Balaban J connectivity index is 2.21. The number of benzene rings is 2. The van der Waals surface area contributed by atoms with Crippen LogP contribution in [-0.4, -0.2) is 19.3 Å². The minimum Gasteiger partial charge on any atom is -0.468 e. The summed E-state index contributed by atoms with van der Waals surface area (Å²) in [5, 5.41) is -0.334. The zero-order valence-corrected chi connectivity index (χ0v) is 12.2. The molecule has 0 heterocycles. The van der Waals surface area contributed by atoms with E-state index in [1.165, 1.54) is 18.9 Å².